The van der Waals surface area contributed by atoms with Crippen molar-refractivity contribution in [1.29, 1.82) is 0 Å². The zero-order chi connectivity index (χ0) is 17.1. The molecule has 0 bridgehead atoms. The number of carbonyl (C=O) groups excluding carboxylic acids is 1. The van der Waals surface area contributed by atoms with E-state index in [2.05, 4.69) is 55.7 Å². The summed E-state index contributed by atoms with van der Waals surface area (Å²) in [5.74, 6) is -0.142. The molecule has 6 heteroatoms. The maximum absolute atomic E-state index is 12.2. The number of hydrazone groups is 1. The summed E-state index contributed by atoms with van der Waals surface area (Å²) in [4.78, 5) is 12.2. The molecule has 0 unspecified atom stereocenters. The van der Waals surface area contributed by atoms with Crippen LogP contribution in [0.3, 0.4) is 0 Å². The molecule has 0 aliphatic heterocycles. The van der Waals surface area contributed by atoms with Crippen molar-refractivity contribution in [3.63, 3.8) is 0 Å². The molecule has 0 saturated heterocycles. The van der Waals surface area contributed by atoms with Crippen LogP contribution in [0.25, 0.3) is 10.8 Å². The second kappa shape index (κ2) is 7.47. The number of carbonyl (C=O) groups is 1. The predicted molar refractivity (Wildman–Crippen MR) is 113 cm³/mol. The summed E-state index contributed by atoms with van der Waals surface area (Å²) in [7, 11) is 0. The maximum atomic E-state index is 12.2. The molecule has 3 aromatic carbocycles. The quantitative estimate of drug-likeness (QED) is 0.291. The number of rotatable bonds is 3. The second-order valence-electron chi connectivity index (χ2n) is 5.09. The van der Waals surface area contributed by atoms with Gasteiger partial charge in [0.1, 0.15) is 5.75 Å². The average molecular weight is 542 g/mol. The van der Waals surface area contributed by atoms with Gasteiger partial charge >= 0.3 is 0 Å². The van der Waals surface area contributed by atoms with Gasteiger partial charge in [0, 0.05) is 14.7 Å². The van der Waals surface area contributed by atoms with E-state index in [9.17, 15) is 9.90 Å². The summed E-state index contributed by atoms with van der Waals surface area (Å²) >= 11 is 4.22. The molecule has 3 rings (SSSR count). The first-order valence-corrected chi connectivity index (χ1v) is 9.20. The molecule has 0 saturated carbocycles. The lowest BCUT2D eigenvalue weighted by molar-refractivity contribution is 0.0955. The number of fused-ring (bicyclic) bond motifs is 1. The molecule has 0 spiro atoms. The number of amides is 1. The topological polar surface area (TPSA) is 61.7 Å². The Hall–Kier alpha value is -1.68. The van der Waals surface area contributed by atoms with E-state index in [-0.39, 0.29) is 11.7 Å². The van der Waals surface area contributed by atoms with Crippen molar-refractivity contribution in [3.8, 4) is 5.75 Å². The van der Waals surface area contributed by atoms with Gasteiger partial charge in [-0.3, -0.25) is 4.79 Å². The monoisotopic (exact) mass is 542 g/mol. The van der Waals surface area contributed by atoms with E-state index in [1.165, 1.54) is 6.21 Å². The van der Waals surface area contributed by atoms with E-state index in [4.69, 9.17) is 0 Å². The third kappa shape index (κ3) is 3.86. The molecule has 0 aliphatic carbocycles. The molecule has 24 heavy (non-hydrogen) atoms. The van der Waals surface area contributed by atoms with Gasteiger partial charge in [-0.25, -0.2) is 5.43 Å². The Balaban J connectivity index is 1.77. The number of halogens is 2. The van der Waals surface area contributed by atoms with Crippen LogP contribution in [0.2, 0.25) is 0 Å². The Bertz CT molecular complexity index is 955. The third-order valence-corrected chi connectivity index (χ3v) is 4.88. The lowest BCUT2D eigenvalue weighted by atomic mass is 10.1. The molecule has 0 aromatic heterocycles. The largest absolute Gasteiger partial charge is 0.506 e. The van der Waals surface area contributed by atoms with E-state index in [0.29, 0.717) is 11.1 Å². The van der Waals surface area contributed by atoms with E-state index in [1.807, 2.05) is 42.5 Å². The maximum Gasteiger partial charge on any atom is 0.271 e. The van der Waals surface area contributed by atoms with E-state index < -0.39 is 0 Å². The summed E-state index contributed by atoms with van der Waals surface area (Å²) < 4.78 is 1.72. The lowest BCUT2D eigenvalue weighted by Gasteiger charge is -2.04. The van der Waals surface area contributed by atoms with Gasteiger partial charge in [-0.1, -0.05) is 30.3 Å². The summed E-state index contributed by atoms with van der Waals surface area (Å²) in [6, 6.07) is 17.0. The summed E-state index contributed by atoms with van der Waals surface area (Å²) in [5, 5.41) is 16.0. The van der Waals surface area contributed by atoms with Gasteiger partial charge in [0.25, 0.3) is 5.91 Å². The minimum absolute atomic E-state index is 0.153. The Morgan fingerprint density at radius 2 is 1.79 bits per heavy atom. The molecule has 0 aliphatic rings. The van der Waals surface area contributed by atoms with Crippen LogP contribution in [0.1, 0.15) is 15.9 Å². The van der Waals surface area contributed by atoms with Crippen molar-refractivity contribution in [2.75, 3.05) is 0 Å². The molecule has 0 radical (unpaired) electrons. The minimum atomic E-state index is -0.295. The number of aromatic hydroxyl groups is 1. The molecule has 120 valence electrons. The number of nitrogens with zero attached hydrogens (tertiary/aromatic N) is 1. The highest BCUT2D eigenvalue weighted by Crippen LogP contribution is 2.25. The smallest absolute Gasteiger partial charge is 0.271 e. The highest BCUT2D eigenvalue weighted by molar-refractivity contribution is 14.1. The fourth-order valence-corrected chi connectivity index (χ4v) is 4.13. The SMILES string of the molecule is O=C(N/N=C\c1cc(I)cc(I)c1O)c1ccc2ccccc2c1. The summed E-state index contributed by atoms with van der Waals surface area (Å²) in [6.07, 6.45) is 1.44. The first-order chi connectivity index (χ1) is 11.5. The Labute approximate surface area is 166 Å². The van der Waals surface area contributed by atoms with Crippen molar-refractivity contribution in [2.45, 2.75) is 0 Å². The number of hydrogen-bond acceptors (Lipinski definition) is 3. The molecule has 3 aromatic rings. The van der Waals surface area contributed by atoms with E-state index >= 15 is 0 Å². The molecule has 1 amide bonds. The molecule has 0 fully saturated rings. The molecular formula is C18H12I2N2O2. The average Bonchev–Trinajstić information content (AvgIpc) is 2.58. The lowest BCUT2D eigenvalue weighted by Crippen LogP contribution is -2.17. The van der Waals surface area contributed by atoms with Gasteiger partial charge in [-0.2, -0.15) is 5.10 Å². The van der Waals surface area contributed by atoms with Crippen LogP contribution in [0.15, 0.2) is 59.7 Å². The molecule has 0 heterocycles. The highest BCUT2D eigenvalue weighted by atomic mass is 127. The first-order valence-electron chi connectivity index (χ1n) is 7.05. The van der Waals surface area contributed by atoms with Gasteiger partial charge < -0.3 is 5.11 Å². The number of phenols is 1. The van der Waals surface area contributed by atoms with Gasteiger partial charge in [0.15, 0.2) is 0 Å². The van der Waals surface area contributed by atoms with Crippen LogP contribution in [-0.4, -0.2) is 17.2 Å². The van der Waals surface area contributed by atoms with Crippen molar-refractivity contribution in [2.24, 2.45) is 5.10 Å². The first kappa shape index (κ1) is 17.2. The molecule has 4 nitrogen and oxygen atoms in total. The van der Waals surface area contributed by atoms with Crippen LogP contribution in [0, 0.1) is 7.14 Å². The van der Waals surface area contributed by atoms with Crippen LogP contribution in [0.5, 0.6) is 5.75 Å². The number of phenolic OH excluding ortho intramolecular Hbond substituents is 1. The van der Waals surface area contributed by atoms with Crippen LogP contribution < -0.4 is 5.43 Å². The highest BCUT2D eigenvalue weighted by Gasteiger charge is 2.07. The Morgan fingerprint density at radius 1 is 1.04 bits per heavy atom. The standard InChI is InChI=1S/C18H12I2N2O2/c19-15-8-14(17(23)16(20)9-15)10-21-22-18(24)13-6-5-11-3-1-2-4-12(11)7-13/h1-10,23H,(H,22,24)/b21-10-. The summed E-state index contributed by atoms with van der Waals surface area (Å²) in [5.41, 5.74) is 3.59. The normalized spacial score (nSPS) is 11.1. The van der Waals surface area contributed by atoms with Crippen molar-refractivity contribution >= 4 is 68.1 Å². The zero-order valence-corrected chi connectivity index (χ0v) is 16.6. The van der Waals surface area contributed by atoms with Gasteiger partial charge in [0.2, 0.25) is 0 Å². The van der Waals surface area contributed by atoms with Crippen molar-refractivity contribution in [3.05, 3.63) is 72.9 Å². The van der Waals surface area contributed by atoms with E-state index in [0.717, 1.165) is 17.9 Å². The number of benzene rings is 3. The molecule has 0 atom stereocenters. The number of nitrogens with one attached hydrogen (secondary N) is 1. The third-order valence-electron chi connectivity index (χ3n) is 3.44. The Morgan fingerprint density at radius 3 is 2.58 bits per heavy atom. The van der Waals surface area contributed by atoms with Gasteiger partial charge in [0.05, 0.1) is 9.78 Å². The molecule has 2 N–H and O–H groups in total. The minimum Gasteiger partial charge on any atom is -0.506 e. The van der Waals surface area contributed by atoms with Gasteiger partial charge in [-0.15, -0.1) is 0 Å². The van der Waals surface area contributed by atoms with Crippen molar-refractivity contribution in [1.82, 2.24) is 5.43 Å². The molecular weight excluding hydrogens is 530 g/mol. The zero-order valence-electron chi connectivity index (χ0n) is 12.3. The Kier molecular flexibility index (Phi) is 5.34. The van der Waals surface area contributed by atoms with Gasteiger partial charge in [-0.05, 0) is 80.2 Å². The predicted octanol–water partition coefficient (Wildman–Crippen LogP) is 4.52. The van der Waals surface area contributed by atoms with E-state index in [1.54, 1.807) is 12.1 Å². The van der Waals surface area contributed by atoms with Crippen LogP contribution in [0.4, 0.5) is 0 Å². The fourth-order valence-electron chi connectivity index (χ4n) is 2.24. The number of hydrogen-bond donors (Lipinski definition) is 2. The van der Waals surface area contributed by atoms with Crippen molar-refractivity contribution < 1.29 is 9.90 Å². The summed E-state index contributed by atoms with van der Waals surface area (Å²) in [6.45, 7) is 0. The fraction of sp³-hybridized carbons (Fsp3) is 0. The van der Waals surface area contributed by atoms with Crippen LogP contribution >= 0.6 is 45.2 Å². The van der Waals surface area contributed by atoms with Crippen LogP contribution in [-0.2, 0) is 0 Å². The second-order valence-corrected chi connectivity index (χ2v) is 7.49.